The number of rotatable bonds is 4. The third-order valence-corrected chi connectivity index (χ3v) is 3.55. The number of hydrogen-bond donors (Lipinski definition) is 1. The summed E-state index contributed by atoms with van der Waals surface area (Å²) in [5.74, 6) is -2.55. The van der Waals surface area contributed by atoms with E-state index in [9.17, 15) is 19.8 Å². The number of aryl methyl sites for hydroxylation is 1. The summed E-state index contributed by atoms with van der Waals surface area (Å²) in [6.45, 7) is 1.81. The molecule has 0 aliphatic heterocycles. The first-order valence-corrected chi connectivity index (χ1v) is 7.15. The van der Waals surface area contributed by atoms with Gasteiger partial charge in [0.1, 0.15) is 0 Å². The fourth-order valence-corrected chi connectivity index (χ4v) is 2.47. The van der Waals surface area contributed by atoms with Gasteiger partial charge in [0.05, 0.1) is 17.5 Å². The average molecular weight is 320 g/mol. The molecule has 6 nitrogen and oxygen atoms in total. The van der Waals surface area contributed by atoms with Crippen LogP contribution in [0.15, 0.2) is 48.5 Å². The number of carbonyl (C=O) groups is 2. The molecule has 0 aliphatic rings. The van der Waals surface area contributed by atoms with Crippen LogP contribution >= 0.6 is 0 Å². The first-order valence-electron chi connectivity index (χ1n) is 7.15. The maximum Gasteiger partial charge on any atom is 0.0726 e. The van der Waals surface area contributed by atoms with Gasteiger partial charge in [-0.15, -0.1) is 0 Å². The zero-order valence-electron chi connectivity index (χ0n) is 12.7. The molecule has 3 rings (SSSR count). The van der Waals surface area contributed by atoms with Crippen molar-refractivity contribution in [1.82, 2.24) is 4.98 Å². The van der Waals surface area contributed by atoms with E-state index < -0.39 is 11.9 Å². The molecular weight excluding hydrogens is 308 g/mol. The number of aromatic carboxylic acids is 2. The molecule has 0 unspecified atom stereocenters. The maximum absolute atomic E-state index is 11.1. The van der Waals surface area contributed by atoms with E-state index in [1.165, 1.54) is 24.3 Å². The Morgan fingerprint density at radius 1 is 0.958 bits per heavy atom. The maximum atomic E-state index is 11.1. The van der Waals surface area contributed by atoms with E-state index >= 15 is 0 Å². The monoisotopic (exact) mass is 320 g/mol. The molecule has 0 atom stereocenters. The Hall–Kier alpha value is -3.41. The van der Waals surface area contributed by atoms with Crippen LogP contribution in [0.3, 0.4) is 0 Å². The van der Waals surface area contributed by atoms with Gasteiger partial charge in [-0.05, 0) is 48.4 Å². The zero-order valence-corrected chi connectivity index (χ0v) is 12.7. The second kappa shape index (κ2) is 6.00. The number of aromatic nitrogens is 1. The largest absolute Gasteiger partial charge is 0.545 e. The van der Waals surface area contributed by atoms with Crippen LogP contribution < -0.4 is 15.5 Å². The van der Waals surface area contributed by atoms with Crippen LogP contribution in [0.1, 0.15) is 26.4 Å². The lowest BCUT2D eigenvalue weighted by atomic mass is 10.1. The predicted molar refractivity (Wildman–Crippen MR) is 84.9 cm³/mol. The van der Waals surface area contributed by atoms with Gasteiger partial charge in [-0.3, -0.25) is 4.98 Å². The van der Waals surface area contributed by atoms with E-state index in [1.54, 1.807) is 24.3 Å². The van der Waals surface area contributed by atoms with Crippen LogP contribution in [0.4, 0.5) is 11.4 Å². The highest BCUT2D eigenvalue weighted by Gasteiger charge is 2.07. The van der Waals surface area contributed by atoms with Crippen molar-refractivity contribution in [1.29, 1.82) is 0 Å². The van der Waals surface area contributed by atoms with Gasteiger partial charge in [-0.2, -0.15) is 0 Å². The minimum Gasteiger partial charge on any atom is -0.545 e. The van der Waals surface area contributed by atoms with Crippen molar-refractivity contribution in [3.8, 4) is 0 Å². The van der Waals surface area contributed by atoms with Gasteiger partial charge in [0.15, 0.2) is 0 Å². The molecule has 0 spiro atoms. The molecule has 24 heavy (non-hydrogen) atoms. The first-order chi connectivity index (χ1) is 11.4. The molecule has 1 N–H and O–H groups in total. The molecule has 6 heteroatoms. The summed E-state index contributed by atoms with van der Waals surface area (Å²) in [4.78, 5) is 26.4. The minimum atomic E-state index is -1.28. The Balaban J connectivity index is 2.11. The van der Waals surface area contributed by atoms with Crippen molar-refractivity contribution in [2.24, 2.45) is 0 Å². The Bertz CT molecular complexity index is 966. The Labute approximate surface area is 137 Å². The molecular formula is C18H12N2O4-2. The highest BCUT2D eigenvalue weighted by Crippen LogP contribution is 2.27. The topological polar surface area (TPSA) is 105 Å². The van der Waals surface area contributed by atoms with Crippen molar-refractivity contribution in [3.05, 3.63) is 65.4 Å². The predicted octanol–water partition coefficient (Wildman–Crippen LogP) is 1.01. The lowest BCUT2D eigenvalue weighted by molar-refractivity contribution is -0.256. The third-order valence-electron chi connectivity index (χ3n) is 3.55. The summed E-state index contributed by atoms with van der Waals surface area (Å²) in [5, 5.41) is 25.8. The van der Waals surface area contributed by atoms with Gasteiger partial charge in [0, 0.05) is 22.5 Å². The number of carboxylic acid groups (broad SMARTS) is 2. The number of nitrogens with one attached hydrogen (secondary N) is 1. The molecule has 0 bridgehead atoms. The number of nitrogens with zero attached hydrogens (tertiary/aromatic N) is 1. The molecule has 0 saturated heterocycles. The van der Waals surface area contributed by atoms with Crippen LogP contribution in [-0.4, -0.2) is 16.9 Å². The summed E-state index contributed by atoms with van der Waals surface area (Å²) in [7, 11) is 0. The molecule has 1 aromatic heterocycles. The average Bonchev–Trinajstić information content (AvgIpc) is 2.54. The lowest BCUT2D eigenvalue weighted by Crippen LogP contribution is -2.22. The van der Waals surface area contributed by atoms with Crippen molar-refractivity contribution in [2.45, 2.75) is 6.92 Å². The summed E-state index contributed by atoms with van der Waals surface area (Å²) >= 11 is 0. The van der Waals surface area contributed by atoms with E-state index in [1.807, 2.05) is 6.92 Å². The summed E-state index contributed by atoms with van der Waals surface area (Å²) < 4.78 is 0. The summed E-state index contributed by atoms with van der Waals surface area (Å²) in [5.41, 5.74) is 2.62. The molecule has 120 valence electrons. The molecule has 0 aliphatic carbocycles. The second-order valence-electron chi connectivity index (χ2n) is 5.32. The normalized spacial score (nSPS) is 10.5. The number of anilines is 2. The Morgan fingerprint density at radius 2 is 1.67 bits per heavy atom. The molecule has 0 fully saturated rings. The van der Waals surface area contributed by atoms with Crippen molar-refractivity contribution < 1.29 is 19.8 Å². The van der Waals surface area contributed by atoms with Gasteiger partial charge >= 0.3 is 0 Å². The lowest BCUT2D eigenvalue weighted by Gasteiger charge is -2.13. The van der Waals surface area contributed by atoms with Gasteiger partial charge in [0.2, 0.25) is 0 Å². The molecule has 0 saturated carbocycles. The molecule has 3 aromatic rings. The summed E-state index contributed by atoms with van der Waals surface area (Å²) in [6, 6.07) is 12.5. The number of hydrogen-bond acceptors (Lipinski definition) is 6. The van der Waals surface area contributed by atoms with E-state index in [4.69, 9.17) is 0 Å². The SMILES string of the molecule is Cc1cc(Nc2cccc(C(=O)[O-])c2)c2cc(C(=O)[O-])ccc2n1. The molecule has 0 amide bonds. The van der Waals surface area contributed by atoms with Crippen molar-refractivity contribution in [3.63, 3.8) is 0 Å². The van der Waals surface area contributed by atoms with Crippen LogP contribution in [-0.2, 0) is 0 Å². The zero-order chi connectivity index (χ0) is 17.3. The number of benzene rings is 2. The third kappa shape index (κ3) is 3.03. The second-order valence-corrected chi connectivity index (χ2v) is 5.32. The molecule has 1 heterocycles. The quantitative estimate of drug-likeness (QED) is 0.769. The van der Waals surface area contributed by atoms with Crippen LogP contribution in [0.5, 0.6) is 0 Å². The summed E-state index contributed by atoms with van der Waals surface area (Å²) in [6.07, 6.45) is 0. The number of pyridine rings is 1. The van der Waals surface area contributed by atoms with Gasteiger partial charge in [0.25, 0.3) is 0 Å². The van der Waals surface area contributed by atoms with E-state index in [0.29, 0.717) is 22.3 Å². The first kappa shape index (κ1) is 15.5. The number of carbonyl (C=O) groups excluding carboxylic acids is 2. The fourth-order valence-electron chi connectivity index (χ4n) is 2.47. The Kier molecular flexibility index (Phi) is 3.87. The number of carboxylic acids is 2. The highest BCUT2D eigenvalue weighted by atomic mass is 16.4. The van der Waals surface area contributed by atoms with Crippen LogP contribution in [0, 0.1) is 6.92 Å². The van der Waals surface area contributed by atoms with Gasteiger partial charge < -0.3 is 25.1 Å². The van der Waals surface area contributed by atoms with E-state index in [0.717, 1.165) is 5.69 Å². The van der Waals surface area contributed by atoms with Gasteiger partial charge in [-0.25, -0.2) is 0 Å². The standard InChI is InChI=1S/C18H14N2O4/c1-10-7-16(20-13-4-2-3-11(8-13)17(21)22)14-9-12(18(23)24)5-6-15(14)19-10/h2-9H,1H3,(H,19,20)(H,21,22)(H,23,24)/p-2. The van der Waals surface area contributed by atoms with Crippen LogP contribution in [0.2, 0.25) is 0 Å². The molecule has 2 aromatic carbocycles. The van der Waals surface area contributed by atoms with E-state index in [2.05, 4.69) is 10.3 Å². The van der Waals surface area contributed by atoms with E-state index in [-0.39, 0.29) is 11.1 Å². The smallest absolute Gasteiger partial charge is 0.0726 e. The highest BCUT2D eigenvalue weighted by molar-refractivity contribution is 5.99. The molecule has 0 radical (unpaired) electrons. The fraction of sp³-hybridized carbons (Fsp3) is 0.0556. The Morgan fingerprint density at radius 3 is 2.38 bits per heavy atom. The van der Waals surface area contributed by atoms with Crippen LogP contribution in [0.25, 0.3) is 10.9 Å². The number of fused-ring (bicyclic) bond motifs is 1. The minimum absolute atomic E-state index is 0.0414. The van der Waals surface area contributed by atoms with Crippen molar-refractivity contribution >= 4 is 34.2 Å². The van der Waals surface area contributed by atoms with Crippen molar-refractivity contribution in [2.75, 3.05) is 5.32 Å². The van der Waals surface area contributed by atoms with Gasteiger partial charge in [-0.1, -0.05) is 18.2 Å².